The number of halogens is 3. The van der Waals surface area contributed by atoms with Crippen molar-refractivity contribution in [2.75, 3.05) is 19.4 Å². The maximum Gasteiger partial charge on any atom is 0.251 e. The van der Waals surface area contributed by atoms with E-state index in [2.05, 4.69) is 60.5 Å². The summed E-state index contributed by atoms with van der Waals surface area (Å²) >= 11 is 21.4. The molecule has 0 radical (unpaired) electrons. The number of rotatable bonds is 19. The zero-order chi connectivity index (χ0) is 51.9. The number of ketones is 1. The lowest BCUT2D eigenvalue weighted by atomic mass is 10.0. The number of nitrogens with one attached hydrogen (secondary N) is 4. The zero-order valence-corrected chi connectivity index (χ0v) is 44.0. The molecule has 0 aliphatic rings. The van der Waals surface area contributed by atoms with Gasteiger partial charge in [-0.2, -0.15) is 10.5 Å². The molecule has 5 rings (SSSR count). The molecule has 2 unspecified atom stereocenters. The van der Waals surface area contributed by atoms with E-state index in [-0.39, 0.29) is 59.4 Å². The molecule has 0 aliphatic carbocycles. The monoisotopic (exact) mass is 1090 g/mol. The first-order valence-electron chi connectivity index (χ1n) is 21.5. The SMILES string of the molecule is CNC(=O)C(Cc1ccc(-c2csc(CC#N)n2)cc1)NC(=O)c1ccc(OC(C)C)c(Cl)c1.CNC(=O)C(Cc1ccc(C(=O)CBr)cc1)NC(=O)c1ccc(OC(C)C)c(Cl)c1.N#CCC(N)=S. The van der Waals surface area contributed by atoms with Gasteiger partial charge in [0.15, 0.2) is 5.78 Å². The van der Waals surface area contributed by atoms with Crippen LogP contribution in [-0.2, 0) is 28.9 Å². The van der Waals surface area contributed by atoms with E-state index in [1.54, 1.807) is 54.6 Å². The highest BCUT2D eigenvalue weighted by atomic mass is 79.9. The second kappa shape index (κ2) is 29.6. The van der Waals surface area contributed by atoms with Crippen LogP contribution < -0.4 is 36.5 Å². The number of hydrogen-bond acceptors (Lipinski definition) is 12. The van der Waals surface area contributed by atoms with Gasteiger partial charge in [0.1, 0.15) is 28.6 Å². The van der Waals surface area contributed by atoms with E-state index < -0.39 is 23.9 Å². The predicted octanol–water partition coefficient (Wildman–Crippen LogP) is 8.38. The predicted molar refractivity (Wildman–Crippen MR) is 281 cm³/mol. The van der Waals surface area contributed by atoms with Crippen molar-refractivity contribution in [3.8, 4) is 34.9 Å². The summed E-state index contributed by atoms with van der Waals surface area (Å²) < 4.78 is 11.2. The van der Waals surface area contributed by atoms with Crippen LogP contribution >= 0.6 is 62.7 Å². The van der Waals surface area contributed by atoms with Gasteiger partial charge >= 0.3 is 0 Å². The number of carbonyl (C=O) groups excluding carboxylic acids is 5. The lowest BCUT2D eigenvalue weighted by molar-refractivity contribution is -0.123. The van der Waals surface area contributed by atoms with Crippen molar-refractivity contribution in [1.29, 1.82) is 10.5 Å². The number of benzene rings is 4. The van der Waals surface area contributed by atoms with E-state index in [0.29, 0.717) is 44.7 Å². The van der Waals surface area contributed by atoms with Crippen molar-refractivity contribution >= 4 is 97.1 Å². The Labute approximate surface area is 435 Å². The number of hydrogen-bond donors (Lipinski definition) is 5. The number of alkyl halides is 1. The summed E-state index contributed by atoms with van der Waals surface area (Å²) in [6, 6.07) is 26.4. The number of carbonyl (C=O) groups is 5. The Balaban J connectivity index is 0.000000334. The number of thiazole rings is 1. The van der Waals surface area contributed by atoms with E-state index in [0.717, 1.165) is 27.4 Å². The highest BCUT2D eigenvalue weighted by Crippen LogP contribution is 2.28. The second-order valence-electron chi connectivity index (χ2n) is 15.5. The fraction of sp³-hybridized carbons (Fsp3) is 0.300. The van der Waals surface area contributed by atoms with Gasteiger partial charge in [0, 0.05) is 54.6 Å². The number of ether oxygens (including phenoxy) is 2. The zero-order valence-electron chi connectivity index (χ0n) is 39.2. The molecule has 0 saturated carbocycles. The topological polar surface area (TPSA) is 238 Å². The van der Waals surface area contributed by atoms with Crippen LogP contribution in [0, 0.1) is 22.7 Å². The van der Waals surface area contributed by atoms with Crippen LogP contribution in [-0.4, -0.2) is 83.1 Å². The summed E-state index contributed by atoms with van der Waals surface area (Å²) in [5.74, 6) is -0.498. The Morgan fingerprint density at radius 3 is 1.53 bits per heavy atom. The van der Waals surface area contributed by atoms with Gasteiger partial charge in [-0.1, -0.05) is 99.9 Å². The fourth-order valence-electron chi connectivity index (χ4n) is 6.09. The van der Waals surface area contributed by atoms with Crippen molar-refractivity contribution in [3.63, 3.8) is 0 Å². The van der Waals surface area contributed by atoms with Crippen LogP contribution in [0.5, 0.6) is 11.5 Å². The number of Topliss-reactive ketones (excluding diaryl/α,β-unsaturated/α-hetero) is 1. The van der Waals surface area contributed by atoms with Crippen LogP contribution in [0.2, 0.25) is 10.0 Å². The first-order chi connectivity index (χ1) is 33.3. The maximum absolute atomic E-state index is 12.8. The molecule has 0 aliphatic heterocycles. The normalized spacial score (nSPS) is 11.2. The number of likely N-dealkylation sites (N-methyl/N-ethyl adjacent to an activating group) is 2. The largest absolute Gasteiger partial charge is 0.489 e. The van der Waals surface area contributed by atoms with Gasteiger partial charge in [-0.05, 0) is 75.2 Å². The molecule has 0 fully saturated rings. The second-order valence-corrected chi connectivity index (χ2v) is 18.4. The molecule has 70 heavy (non-hydrogen) atoms. The third-order valence-corrected chi connectivity index (χ3v) is 11.5. The minimum absolute atomic E-state index is 0.0283. The molecule has 1 heterocycles. The van der Waals surface area contributed by atoms with E-state index in [4.69, 9.17) is 48.9 Å². The molecule has 0 saturated heterocycles. The third kappa shape index (κ3) is 19.2. The van der Waals surface area contributed by atoms with Crippen molar-refractivity contribution < 1.29 is 33.4 Å². The fourth-order valence-corrected chi connectivity index (χ4v) is 7.66. The molecule has 20 heteroatoms. The van der Waals surface area contributed by atoms with Gasteiger partial charge < -0.3 is 36.5 Å². The number of nitrogens with two attached hydrogens (primary N) is 1. The van der Waals surface area contributed by atoms with E-state index in [1.165, 1.54) is 37.6 Å². The Morgan fingerprint density at radius 2 is 1.17 bits per heavy atom. The standard InChI is InChI=1S/C25H25ClN4O3S.C22H24BrClN2O4.C3H4N2S/c1-15(2)33-22-9-8-18(13-19(22)26)24(31)30-20(25(32)28-3)12-16-4-6-17(7-5-16)21-14-34-23(29-21)10-11-27;1-13(2)30-20-9-8-16(11-17(20)24)21(28)26-18(22(29)25-3)10-14-4-6-15(7-5-14)19(27)12-23;4-2-1-3(5)6/h4-9,13-15,20H,10,12H2,1-3H3,(H,28,32)(H,30,31);4-9,11,13,18H,10,12H2,1-3H3,(H,25,29)(H,26,28);1H2,(H2,5,6). The minimum Gasteiger partial charge on any atom is -0.489 e. The molecular weight excluding hydrogens is 1040 g/mol. The number of thiocarbonyl (C=S) groups is 1. The van der Waals surface area contributed by atoms with E-state index in [1.807, 2.05) is 57.3 Å². The van der Waals surface area contributed by atoms with Crippen molar-refractivity contribution in [3.05, 3.63) is 133 Å². The summed E-state index contributed by atoms with van der Waals surface area (Å²) in [7, 11) is 3.04. The maximum atomic E-state index is 12.8. The lowest BCUT2D eigenvalue weighted by Crippen LogP contribution is -2.47. The molecule has 4 amide bonds. The summed E-state index contributed by atoms with van der Waals surface area (Å²) in [6.07, 6.45) is 0.971. The highest BCUT2D eigenvalue weighted by molar-refractivity contribution is 9.09. The van der Waals surface area contributed by atoms with E-state index in [9.17, 15) is 24.0 Å². The van der Waals surface area contributed by atoms with Gasteiger partial charge in [-0.3, -0.25) is 24.0 Å². The minimum atomic E-state index is -0.786. The molecule has 4 aromatic carbocycles. The molecule has 5 aromatic rings. The van der Waals surface area contributed by atoms with Gasteiger partial charge in [0.05, 0.1) is 63.2 Å². The quantitative estimate of drug-likeness (QED) is 0.0298. The molecular formula is C50H53BrCl2N8O7S2. The Hall–Kier alpha value is -6.41. The summed E-state index contributed by atoms with van der Waals surface area (Å²) in [5, 5.41) is 30.9. The van der Waals surface area contributed by atoms with Crippen LogP contribution in [0.3, 0.4) is 0 Å². The van der Waals surface area contributed by atoms with Gasteiger partial charge in [-0.25, -0.2) is 4.98 Å². The van der Waals surface area contributed by atoms with Crippen LogP contribution in [0.25, 0.3) is 11.3 Å². The van der Waals surface area contributed by atoms with Crippen molar-refractivity contribution in [2.24, 2.45) is 5.73 Å². The molecule has 0 spiro atoms. The molecule has 15 nitrogen and oxygen atoms in total. The van der Waals surface area contributed by atoms with Crippen LogP contribution in [0.1, 0.15) is 81.3 Å². The first kappa shape index (κ1) is 57.9. The number of aromatic nitrogens is 1. The van der Waals surface area contributed by atoms with Crippen molar-refractivity contribution in [2.45, 2.75) is 77.7 Å². The first-order valence-corrected chi connectivity index (χ1v) is 24.7. The Kier molecular flexibility index (Phi) is 24.5. The third-order valence-electron chi connectivity index (χ3n) is 9.41. The average Bonchev–Trinajstić information content (AvgIpc) is 3.80. The molecule has 1 aromatic heterocycles. The molecule has 6 N–H and O–H groups in total. The Bertz CT molecular complexity index is 2690. The summed E-state index contributed by atoms with van der Waals surface area (Å²) in [6.45, 7) is 7.54. The average molecular weight is 1090 g/mol. The molecule has 368 valence electrons. The summed E-state index contributed by atoms with van der Waals surface area (Å²) in [5.41, 5.74) is 9.56. The van der Waals surface area contributed by atoms with Gasteiger partial charge in [-0.15, -0.1) is 11.3 Å². The van der Waals surface area contributed by atoms with Gasteiger partial charge in [0.25, 0.3) is 11.8 Å². The summed E-state index contributed by atoms with van der Waals surface area (Å²) in [4.78, 5) is 66.8. The lowest BCUT2D eigenvalue weighted by Gasteiger charge is -2.18. The smallest absolute Gasteiger partial charge is 0.251 e. The van der Waals surface area contributed by atoms with Crippen LogP contribution in [0.15, 0.2) is 90.3 Å². The van der Waals surface area contributed by atoms with Crippen molar-refractivity contribution in [1.82, 2.24) is 26.3 Å². The molecule has 2 atom stereocenters. The van der Waals surface area contributed by atoms with E-state index >= 15 is 0 Å². The highest BCUT2D eigenvalue weighted by Gasteiger charge is 2.24. The Morgan fingerprint density at radius 1 is 0.729 bits per heavy atom. The molecule has 0 bridgehead atoms. The number of amides is 4. The van der Waals surface area contributed by atoms with Crippen LogP contribution in [0.4, 0.5) is 0 Å². The number of nitrogens with zero attached hydrogens (tertiary/aromatic N) is 3. The number of nitriles is 2. The van der Waals surface area contributed by atoms with Gasteiger partial charge in [0.2, 0.25) is 11.8 Å².